The van der Waals surface area contributed by atoms with Gasteiger partial charge in [0, 0.05) is 12.5 Å². The fourth-order valence-electron chi connectivity index (χ4n) is 2.60. The minimum Gasteiger partial charge on any atom is -0.424 e. The Morgan fingerprint density at radius 3 is 2.16 bits per heavy atom. The summed E-state index contributed by atoms with van der Waals surface area (Å²) in [5.41, 5.74) is 0.501. The van der Waals surface area contributed by atoms with Crippen molar-refractivity contribution in [1.82, 2.24) is 14.5 Å². The molecule has 2 rings (SSSR count). The Hall–Kier alpha value is -1.73. The van der Waals surface area contributed by atoms with Crippen LogP contribution in [0.15, 0.2) is 33.6 Å². The summed E-state index contributed by atoms with van der Waals surface area (Å²) < 4.78 is 33.1. The van der Waals surface area contributed by atoms with Gasteiger partial charge in [0.1, 0.15) is 0 Å². The fourth-order valence-corrected chi connectivity index (χ4v) is 4.34. The third-order valence-electron chi connectivity index (χ3n) is 3.75. The Morgan fingerprint density at radius 2 is 1.72 bits per heavy atom. The van der Waals surface area contributed by atoms with Crippen LogP contribution in [-0.4, -0.2) is 28.5 Å². The summed E-state index contributed by atoms with van der Waals surface area (Å²) in [5.74, 6) is 1.22. The third-order valence-corrected chi connectivity index (χ3v) is 5.88. The second kappa shape index (κ2) is 7.25. The highest BCUT2D eigenvalue weighted by Gasteiger charge is 2.35. The topological polar surface area (TPSA) is 76.3 Å². The maximum absolute atomic E-state index is 13.2. The van der Waals surface area contributed by atoms with Crippen LogP contribution < -0.4 is 0 Å². The molecule has 138 valence electrons. The average molecular weight is 365 g/mol. The molecule has 0 spiro atoms. The van der Waals surface area contributed by atoms with Crippen molar-refractivity contribution in [2.75, 3.05) is 0 Å². The maximum atomic E-state index is 13.2. The molecule has 1 aromatic carbocycles. The van der Waals surface area contributed by atoms with E-state index in [-0.39, 0.29) is 17.3 Å². The molecule has 0 atom stereocenters. The van der Waals surface area contributed by atoms with Gasteiger partial charge in [0.25, 0.3) is 0 Å². The van der Waals surface area contributed by atoms with E-state index in [4.69, 9.17) is 4.42 Å². The van der Waals surface area contributed by atoms with Gasteiger partial charge in [-0.1, -0.05) is 26.0 Å². The lowest BCUT2D eigenvalue weighted by Crippen LogP contribution is -2.45. The predicted octanol–water partition coefficient (Wildman–Crippen LogP) is 3.57. The normalized spacial score (nSPS) is 13.0. The van der Waals surface area contributed by atoms with Gasteiger partial charge >= 0.3 is 0 Å². The van der Waals surface area contributed by atoms with E-state index in [1.807, 2.05) is 32.9 Å². The first-order chi connectivity index (χ1) is 11.5. The van der Waals surface area contributed by atoms with E-state index in [0.29, 0.717) is 11.8 Å². The molecule has 7 heteroatoms. The molecule has 6 nitrogen and oxygen atoms in total. The van der Waals surface area contributed by atoms with Gasteiger partial charge in [0.05, 0.1) is 11.4 Å². The quantitative estimate of drug-likeness (QED) is 0.782. The van der Waals surface area contributed by atoms with Crippen molar-refractivity contribution in [2.45, 2.75) is 64.9 Å². The Bertz CT molecular complexity index is 803. The lowest BCUT2D eigenvalue weighted by atomic mass is 10.0. The number of rotatable bonds is 6. The summed E-state index contributed by atoms with van der Waals surface area (Å²) in [4.78, 5) is 0.270. The van der Waals surface area contributed by atoms with Crippen LogP contribution in [0, 0.1) is 12.8 Å². The smallest absolute Gasteiger partial charge is 0.244 e. The number of sulfonamides is 1. The molecule has 2 aromatic rings. The van der Waals surface area contributed by atoms with E-state index < -0.39 is 15.6 Å². The standard InChI is InChI=1S/C18H27N3O3S/c1-13(2)11-15-7-9-16(10-8-15)25(22,23)21(18(4,5)6)12-17-20-19-14(3)24-17/h7-10,13H,11-12H2,1-6H3. The van der Waals surface area contributed by atoms with Crippen LogP contribution in [-0.2, 0) is 23.0 Å². The van der Waals surface area contributed by atoms with Gasteiger partial charge in [-0.15, -0.1) is 10.2 Å². The highest BCUT2D eigenvalue weighted by atomic mass is 32.2. The first-order valence-electron chi connectivity index (χ1n) is 8.41. The van der Waals surface area contributed by atoms with Crippen molar-refractivity contribution in [3.8, 4) is 0 Å². The van der Waals surface area contributed by atoms with Crippen LogP contribution in [0.2, 0.25) is 0 Å². The van der Waals surface area contributed by atoms with Crippen LogP contribution in [0.1, 0.15) is 52.0 Å². The molecular weight excluding hydrogens is 338 g/mol. The molecule has 0 saturated carbocycles. The monoisotopic (exact) mass is 365 g/mol. The van der Waals surface area contributed by atoms with Gasteiger partial charge in [0.15, 0.2) is 0 Å². The number of nitrogens with zero attached hydrogens (tertiary/aromatic N) is 3. The highest BCUT2D eigenvalue weighted by Crippen LogP contribution is 2.27. The molecule has 0 aliphatic carbocycles. The zero-order valence-corrected chi connectivity index (χ0v) is 16.6. The summed E-state index contributed by atoms with van der Waals surface area (Å²) in [7, 11) is -3.69. The van der Waals surface area contributed by atoms with Crippen molar-refractivity contribution in [3.63, 3.8) is 0 Å². The molecule has 0 amide bonds. The van der Waals surface area contributed by atoms with Gasteiger partial charge < -0.3 is 4.42 Å². The van der Waals surface area contributed by atoms with E-state index in [1.165, 1.54) is 4.31 Å². The number of hydrogen-bond acceptors (Lipinski definition) is 5. The molecule has 1 aromatic heterocycles. The van der Waals surface area contributed by atoms with Crippen molar-refractivity contribution >= 4 is 10.0 Å². The summed E-state index contributed by atoms with van der Waals surface area (Å²) in [6, 6.07) is 7.10. The fraction of sp³-hybridized carbons (Fsp3) is 0.556. The van der Waals surface area contributed by atoms with E-state index in [1.54, 1.807) is 19.1 Å². The van der Waals surface area contributed by atoms with Crippen molar-refractivity contribution in [1.29, 1.82) is 0 Å². The number of aromatic nitrogens is 2. The van der Waals surface area contributed by atoms with E-state index in [0.717, 1.165) is 12.0 Å². The first kappa shape index (κ1) is 19.6. The van der Waals surface area contributed by atoms with Crippen molar-refractivity contribution < 1.29 is 12.8 Å². The molecule has 0 N–H and O–H groups in total. The Balaban J connectivity index is 2.34. The molecule has 25 heavy (non-hydrogen) atoms. The largest absolute Gasteiger partial charge is 0.424 e. The molecular formula is C18H27N3O3S. The molecule has 0 aliphatic heterocycles. The van der Waals surface area contributed by atoms with Gasteiger partial charge in [-0.2, -0.15) is 4.31 Å². The first-order valence-corrected chi connectivity index (χ1v) is 9.85. The van der Waals surface area contributed by atoms with E-state index in [2.05, 4.69) is 24.0 Å². The van der Waals surface area contributed by atoms with Crippen LogP contribution in [0.25, 0.3) is 0 Å². The summed E-state index contributed by atoms with van der Waals surface area (Å²) >= 11 is 0. The second-order valence-electron chi connectivity index (χ2n) is 7.64. The van der Waals surface area contributed by atoms with Crippen molar-refractivity contribution in [3.05, 3.63) is 41.6 Å². The Labute approximate surface area is 150 Å². The van der Waals surface area contributed by atoms with E-state index >= 15 is 0 Å². The SMILES string of the molecule is Cc1nnc(CN(C(C)(C)C)S(=O)(=O)c2ccc(CC(C)C)cc2)o1. The average Bonchev–Trinajstić information content (AvgIpc) is 2.89. The van der Waals surface area contributed by atoms with Crippen molar-refractivity contribution in [2.24, 2.45) is 5.92 Å². The maximum Gasteiger partial charge on any atom is 0.244 e. The molecule has 0 fully saturated rings. The predicted molar refractivity (Wildman–Crippen MR) is 96.5 cm³/mol. The van der Waals surface area contributed by atoms with Crippen LogP contribution in [0.4, 0.5) is 0 Å². The molecule has 0 saturated heterocycles. The number of hydrogen-bond donors (Lipinski definition) is 0. The van der Waals surface area contributed by atoms with Crippen LogP contribution >= 0.6 is 0 Å². The molecule has 0 unspecified atom stereocenters. The lowest BCUT2D eigenvalue weighted by molar-refractivity contribution is 0.222. The number of aryl methyl sites for hydroxylation is 1. The minimum atomic E-state index is -3.69. The van der Waals surface area contributed by atoms with Gasteiger partial charge in [0.2, 0.25) is 21.8 Å². The highest BCUT2D eigenvalue weighted by molar-refractivity contribution is 7.89. The summed E-state index contributed by atoms with van der Waals surface area (Å²) in [5, 5.41) is 7.71. The Kier molecular flexibility index (Phi) is 5.68. The van der Waals surface area contributed by atoms with Gasteiger partial charge in [-0.05, 0) is 50.8 Å². The van der Waals surface area contributed by atoms with Gasteiger partial charge in [-0.25, -0.2) is 8.42 Å². The van der Waals surface area contributed by atoms with E-state index in [9.17, 15) is 8.42 Å². The van der Waals surface area contributed by atoms with Crippen LogP contribution in [0.3, 0.4) is 0 Å². The Morgan fingerprint density at radius 1 is 1.12 bits per heavy atom. The number of benzene rings is 1. The summed E-state index contributed by atoms with van der Waals surface area (Å²) in [6.45, 7) is 11.5. The molecule has 0 bridgehead atoms. The van der Waals surface area contributed by atoms with Gasteiger partial charge in [-0.3, -0.25) is 0 Å². The zero-order valence-electron chi connectivity index (χ0n) is 15.8. The summed E-state index contributed by atoms with van der Waals surface area (Å²) in [6.07, 6.45) is 0.921. The second-order valence-corrected chi connectivity index (χ2v) is 9.50. The minimum absolute atomic E-state index is 0.0421. The molecule has 1 heterocycles. The lowest BCUT2D eigenvalue weighted by Gasteiger charge is -2.33. The third kappa shape index (κ3) is 4.89. The van der Waals surface area contributed by atoms with Crippen LogP contribution in [0.5, 0.6) is 0 Å². The molecule has 0 radical (unpaired) electrons. The molecule has 0 aliphatic rings. The zero-order chi connectivity index (χ0) is 18.8.